The molecule has 0 radical (unpaired) electrons. The molecule has 0 aromatic carbocycles. The van der Waals surface area contributed by atoms with Crippen molar-refractivity contribution in [3.8, 4) is 0 Å². The van der Waals surface area contributed by atoms with E-state index in [9.17, 15) is 9.59 Å². The number of aliphatic carboxylic acids is 1. The van der Waals surface area contributed by atoms with Crippen LogP contribution in [0.1, 0.15) is 25.7 Å². The Hall–Kier alpha value is -1.14. The lowest BCUT2D eigenvalue weighted by molar-refractivity contribution is -0.141. The van der Waals surface area contributed by atoms with Crippen molar-refractivity contribution >= 4 is 11.9 Å². The highest BCUT2D eigenvalue weighted by molar-refractivity contribution is 5.78. The van der Waals surface area contributed by atoms with Gasteiger partial charge in [0.2, 0.25) is 5.91 Å². The Morgan fingerprint density at radius 1 is 1.37 bits per heavy atom. The molecule has 0 bridgehead atoms. The zero-order chi connectivity index (χ0) is 13.7. The number of carboxylic acids is 1. The fraction of sp³-hybridized carbons (Fsp3) is 0.846. The molecule has 2 saturated heterocycles. The third-order valence-electron chi connectivity index (χ3n) is 3.68. The fourth-order valence-electron chi connectivity index (χ4n) is 2.50. The van der Waals surface area contributed by atoms with Crippen molar-refractivity contribution in [1.29, 1.82) is 0 Å². The molecule has 6 nitrogen and oxygen atoms in total. The lowest BCUT2D eigenvalue weighted by Gasteiger charge is -2.16. The molecule has 1 amide bonds. The SMILES string of the molecule is O=C(O)[C@@H]1CCN(C(=O)CCOC[C@H]2CCCO2)C1. The molecule has 2 aliphatic rings. The van der Waals surface area contributed by atoms with Crippen molar-refractivity contribution in [2.75, 3.05) is 32.9 Å². The predicted molar refractivity (Wildman–Crippen MR) is 66.7 cm³/mol. The second-order valence-corrected chi connectivity index (χ2v) is 5.12. The maximum absolute atomic E-state index is 11.8. The lowest BCUT2D eigenvalue weighted by atomic mass is 10.1. The Morgan fingerprint density at radius 2 is 2.21 bits per heavy atom. The zero-order valence-corrected chi connectivity index (χ0v) is 11.0. The minimum atomic E-state index is -0.815. The van der Waals surface area contributed by atoms with Gasteiger partial charge in [0, 0.05) is 19.7 Å². The van der Waals surface area contributed by atoms with E-state index in [1.807, 2.05) is 0 Å². The maximum Gasteiger partial charge on any atom is 0.308 e. The molecule has 0 unspecified atom stereocenters. The maximum atomic E-state index is 11.8. The Morgan fingerprint density at radius 3 is 2.84 bits per heavy atom. The van der Waals surface area contributed by atoms with Gasteiger partial charge in [0.05, 0.1) is 31.7 Å². The van der Waals surface area contributed by atoms with Crippen molar-refractivity contribution in [2.45, 2.75) is 31.8 Å². The highest BCUT2D eigenvalue weighted by atomic mass is 16.5. The van der Waals surface area contributed by atoms with Crippen molar-refractivity contribution in [3.05, 3.63) is 0 Å². The summed E-state index contributed by atoms with van der Waals surface area (Å²) in [7, 11) is 0. The molecule has 6 heteroatoms. The molecule has 1 N–H and O–H groups in total. The number of nitrogens with zero attached hydrogens (tertiary/aromatic N) is 1. The first-order valence-corrected chi connectivity index (χ1v) is 6.86. The van der Waals surface area contributed by atoms with E-state index in [1.165, 1.54) is 0 Å². The van der Waals surface area contributed by atoms with Crippen molar-refractivity contribution in [1.82, 2.24) is 4.90 Å². The van der Waals surface area contributed by atoms with Crippen LogP contribution >= 0.6 is 0 Å². The number of hydrogen-bond donors (Lipinski definition) is 1. The van der Waals surface area contributed by atoms with Crippen LogP contribution in [0, 0.1) is 5.92 Å². The minimum absolute atomic E-state index is 0.0175. The summed E-state index contributed by atoms with van der Waals surface area (Å²) in [6.45, 7) is 2.61. The standard InChI is InChI=1S/C13H21NO5/c15-12(14-5-3-10(8-14)13(16)17)4-7-18-9-11-2-1-6-19-11/h10-11H,1-9H2,(H,16,17)/t10-,11-/m1/s1. The molecular formula is C13H21NO5. The van der Waals surface area contributed by atoms with E-state index in [0.29, 0.717) is 39.1 Å². The van der Waals surface area contributed by atoms with Crippen molar-refractivity contribution in [3.63, 3.8) is 0 Å². The average Bonchev–Trinajstić information content (AvgIpc) is 3.05. The largest absolute Gasteiger partial charge is 0.481 e. The van der Waals surface area contributed by atoms with Crippen LogP contribution in [0.15, 0.2) is 0 Å². The summed E-state index contributed by atoms with van der Waals surface area (Å²) in [5, 5.41) is 8.87. The number of amides is 1. The topological polar surface area (TPSA) is 76.1 Å². The molecular weight excluding hydrogens is 250 g/mol. The first kappa shape index (κ1) is 14.3. The molecule has 108 valence electrons. The van der Waals surface area contributed by atoms with Gasteiger partial charge in [0.25, 0.3) is 0 Å². The van der Waals surface area contributed by atoms with Gasteiger partial charge in [-0.2, -0.15) is 0 Å². The predicted octanol–water partition coefficient (Wildman–Crippen LogP) is 0.505. The normalized spacial score (nSPS) is 26.8. The number of ether oxygens (including phenoxy) is 2. The smallest absolute Gasteiger partial charge is 0.308 e. The minimum Gasteiger partial charge on any atom is -0.481 e. The number of hydrogen-bond acceptors (Lipinski definition) is 4. The Kier molecular flexibility index (Phi) is 5.15. The summed E-state index contributed by atoms with van der Waals surface area (Å²) in [5.41, 5.74) is 0. The quantitative estimate of drug-likeness (QED) is 0.712. The van der Waals surface area contributed by atoms with E-state index in [1.54, 1.807) is 4.90 Å². The van der Waals surface area contributed by atoms with Gasteiger partial charge in [-0.25, -0.2) is 0 Å². The van der Waals surface area contributed by atoms with Crippen molar-refractivity contribution < 1.29 is 24.2 Å². The highest BCUT2D eigenvalue weighted by Gasteiger charge is 2.30. The summed E-state index contributed by atoms with van der Waals surface area (Å²) in [4.78, 5) is 24.3. The number of carboxylic acid groups (broad SMARTS) is 1. The molecule has 2 aliphatic heterocycles. The van der Waals surface area contributed by atoms with Crippen LogP contribution in [0.3, 0.4) is 0 Å². The van der Waals surface area contributed by atoms with Gasteiger partial charge in [0.15, 0.2) is 0 Å². The summed E-state index contributed by atoms with van der Waals surface area (Å²) in [6, 6.07) is 0. The average molecular weight is 271 g/mol. The van der Waals surface area contributed by atoms with Crippen LogP contribution < -0.4 is 0 Å². The summed E-state index contributed by atoms with van der Waals surface area (Å²) in [5.74, 6) is -1.24. The lowest BCUT2D eigenvalue weighted by Crippen LogP contribution is -2.30. The number of carbonyl (C=O) groups is 2. The van der Waals surface area contributed by atoms with Crippen LogP contribution in [0.5, 0.6) is 0 Å². The van der Waals surface area contributed by atoms with E-state index in [0.717, 1.165) is 19.4 Å². The van der Waals surface area contributed by atoms with Crippen LogP contribution in [-0.4, -0.2) is 60.9 Å². The second kappa shape index (κ2) is 6.86. The van der Waals surface area contributed by atoms with Crippen LogP contribution in [-0.2, 0) is 19.1 Å². The van der Waals surface area contributed by atoms with Gasteiger partial charge in [-0.05, 0) is 19.3 Å². The van der Waals surface area contributed by atoms with Gasteiger partial charge < -0.3 is 19.5 Å². The third-order valence-corrected chi connectivity index (χ3v) is 3.68. The van der Waals surface area contributed by atoms with E-state index < -0.39 is 11.9 Å². The van der Waals surface area contributed by atoms with Crippen molar-refractivity contribution in [2.24, 2.45) is 5.92 Å². The Balaban J connectivity index is 1.58. The van der Waals surface area contributed by atoms with Crippen LogP contribution in [0.4, 0.5) is 0 Å². The summed E-state index contributed by atoms with van der Waals surface area (Å²) >= 11 is 0. The molecule has 0 aromatic rings. The molecule has 2 heterocycles. The van der Waals surface area contributed by atoms with Gasteiger partial charge in [-0.15, -0.1) is 0 Å². The van der Waals surface area contributed by atoms with E-state index >= 15 is 0 Å². The second-order valence-electron chi connectivity index (χ2n) is 5.12. The first-order chi connectivity index (χ1) is 9.16. The van der Waals surface area contributed by atoms with E-state index in [-0.39, 0.29) is 12.0 Å². The Labute approximate surface area is 112 Å². The number of likely N-dealkylation sites (tertiary alicyclic amines) is 1. The van der Waals surface area contributed by atoms with Crippen LogP contribution in [0.2, 0.25) is 0 Å². The van der Waals surface area contributed by atoms with E-state index in [2.05, 4.69) is 0 Å². The van der Waals surface area contributed by atoms with Gasteiger partial charge >= 0.3 is 5.97 Å². The molecule has 0 aromatic heterocycles. The van der Waals surface area contributed by atoms with Gasteiger partial charge in [-0.1, -0.05) is 0 Å². The highest BCUT2D eigenvalue weighted by Crippen LogP contribution is 2.17. The summed E-state index contributed by atoms with van der Waals surface area (Å²) < 4.78 is 10.8. The third kappa shape index (κ3) is 4.18. The molecule has 2 atom stereocenters. The zero-order valence-electron chi connectivity index (χ0n) is 11.0. The fourth-order valence-corrected chi connectivity index (χ4v) is 2.50. The van der Waals surface area contributed by atoms with Gasteiger partial charge in [-0.3, -0.25) is 9.59 Å². The molecule has 0 aliphatic carbocycles. The van der Waals surface area contributed by atoms with Crippen LogP contribution in [0.25, 0.3) is 0 Å². The van der Waals surface area contributed by atoms with Gasteiger partial charge in [0.1, 0.15) is 0 Å². The first-order valence-electron chi connectivity index (χ1n) is 6.86. The Bertz CT molecular complexity index is 327. The molecule has 2 fully saturated rings. The molecule has 0 spiro atoms. The monoisotopic (exact) mass is 271 g/mol. The van der Waals surface area contributed by atoms with E-state index in [4.69, 9.17) is 14.6 Å². The molecule has 0 saturated carbocycles. The number of carbonyl (C=O) groups excluding carboxylic acids is 1. The molecule has 2 rings (SSSR count). The molecule has 19 heavy (non-hydrogen) atoms. The summed E-state index contributed by atoms with van der Waals surface area (Å²) in [6.07, 6.45) is 3.16. The number of rotatable bonds is 6.